The number of rotatable bonds is 0. The highest BCUT2D eigenvalue weighted by Crippen LogP contribution is 2.54. The lowest BCUT2D eigenvalue weighted by Gasteiger charge is -2.39. The van der Waals surface area contributed by atoms with E-state index in [1.807, 2.05) is 0 Å². The molecule has 0 heteroatoms. The summed E-state index contributed by atoms with van der Waals surface area (Å²) in [4.78, 5) is 0. The predicted octanol–water partition coefficient (Wildman–Crippen LogP) is 9.94. The third-order valence-electron chi connectivity index (χ3n) is 10.1. The van der Waals surface area contributed by atoms with E-state index in [-0.39, 0.29) is 0 Å². The Morgan fingerprint density at radius 2 is 0.806 bits per heavy atom. The van der Waals surface area contributed by atoms with E-state index >= 15 is 0 Å². The summed E-state index contributed by atoms with van der Waals surface area (Å²) < 4.78 is 0. The molecule has 6 aromatic rings. The number of fused-ring (bicyclic) bond motifs is 8. The Hall–Kier alpha value is -3.64. The molecule has 0 radical (unpaired) electrons. The molecule has 4 atom stereocenters. The zero-order valence-electron chi connectivity index (χ0n) is 20.4. The summed E-state index contributed by atoms with van der Waals surface area (Å²) in [7, 11) is 0. The standard InChI is InChI=1S/C36H28/c1-3-27-31-13-11-21-7-9-23(19-35(21)29(31)5-1)25-15-16-26(25)24-10-8-22-12-14-32-28(34-18-17-33(27)34)4-2-6-30(32)36(22)20-24/h1-14,19-20,25-26,33-34H,15-18H2/t25-,26+,33-,34+. The SMILES string of the molecule is c1cc2c3ccc4ccc(cc4c3c1)[C@H]1CC[C@H]1c1ccc3ccc4c(cccc4c3c1)[C@@H]1CC[C@H]21. The number of benzene rings is 6. The van der Waals surface area contributed by atoms with Crippen LogP contribution in [0.2, 0.25) is 0 Å². The van der Waals surface area contributed by atoms with Crippen molar-refractivity contribution in [1.82, 2.24) is 0 Å². The van der Waals surface area contributed by atoms with E-state index in [1.165, 1.54) is 79.9 Å². The second-order valence-electron chi connectivity index (χ2n) is 11.6. The second kappa shape index (κ2) is 6.98. The molecule has 0 N–H and O–H groups in total. The van der Waals surface area contributed by atoms with Gasteiger partial charge in [0.15, 0.2) is 0 Å². The van der Waals surface area contributed by atoms with Gasteiger partial charge >= 0.3 is 0 Å². The van der Waals surface area contributed by atoms with Crippen LogP contribution in [0.1, 0.15) is 71.6 Å². The van der Waals surface area contributed by atoms with Gasteiger partial charge in [0.05, 0.1) is 0 Å². The summed E-state index contributed by atoms with van der Waals surface area (Å²) in [6.45, 7) is 0. The Bertz CT molecular complexity index is 1730. The molecule has 2 saturated carbocycles. The third kappa shape index (κ3) is 2.50. The van der Waals surface area contributed by atoms with Gasteiger partial charge in [0.25, 0.3) is 0 Å². The molecule has 0 saturated heterocycles. The van der Waals surface area contributed by atoms with Crippen molar-refractivity contribution in [2.24, 2.45) is 0 Å². The second-order valence-corrected chi connectivity index (χ2v) is 11.6. The molecule has 9 rings (SSSR count). The first-order valence-corrected chi connectivity index (χ1v) is 13.7. The summed E-state index contributed by atoms with van der Waals surface area (Å²) in [5.41, 5.74) is 6.13. The average molecular weight is 461 g/mol. The fourth-order valence-corrected chi connectivity index (χ4v) is 7.91. The Morgan fingerprint density at radius 1 is 0.361 bits per heavy atom. The van der Waals surface area contributed by atoms with Gasteiger partial charge < -0.3 is 0 Å². The average Bonchev–Trinajstić information content (AvgIpc) is 2.87. The minimum Gasteiger partial charge on any atom is -0.0613 e. The Kier molecular flexibility index (Phi) is 3.79. The number of hydrogen-bond acceptors (Lipinski definition) is 0. The normalized spacial score (nSPS) is 24.2. The van der Waals surface area contributed by atoms with Crippen molar-refractivity contribution < 1.29 is 0 Å². The van der Waals surface area contributed by atoms with Gasteiger partial charge in [-0.05, 0) is 115 Å². The van der Waals surface area contributed by atoms with Crippen LogP contribution in [0.25, 0.3) is 43.1 Å². The molecule has 36 heavy (non-hydrogen) atoms. The molecule has 0 aromatic heterocycles. The molecular formula is C36H28. The molecule has 0 nitrogen and oxygen atoms in total. The summed E-state index contributed by atoms with van der Waals surface area (Å²) in [6.07, 6.45) is 5.13. The zero-order valence-corrected chi connectivity index (χ0v) is 20.4. The summed E-state index contributed by atoms with van der Waals surface area (Å²) >= 11 is 0. The third-order valence-corrected chi connectivity index (χ3v) is 10.1. The molecule has 0 heterocycles. The molecule has 0 aliphatic heterocycles. The van der Waals surface area contributed by atoms with Crippen LogP contribution >= 0.6 is 0 Å². The van der Waals surface area contributed by atoms with E-state index in [0.29, 0.717) is 23.7 Å². The first-order valence-electron chi connectivity index (χ1n) is 13.7. The molecule has 0 spiro atoms. The molecule has 3 aliphatic rings. The Morgan fingerprint density at radius 3 is 1.25 bits per heavy atom. The monoisotopic (exact) mass is 460 g/mol. The lowest BCUT2D eigenvalue weighted by Crippen LogP contribution is -2.22. The lowest BCUT2D eigenvalue weighted by atomic mass is 9.65. The van der Waals surface area contributed by atoms with Crippen molar-refractivity contribution >= 4 is 43.1 Å². The minimum absolute atomic E-state index is 0.589. The van der Waals surface area contributed by atoms with E-state index in [4.69, 9.17) is 0 Å². The van der Waals surface area contributed by atoms with Crippen LogP contribution in [0.5, 0.6) is 0 Å². The molecule has 0 unspecified atom stereocenters. The minimum atomic E-state index is 0.589. The van der Waals surface area contributed by atoms with Crippen LogP contribution < -0.4 is 0 Å². The fraction of sp³-hybridized carbons (Fsp3) is 0.222. The van der Waals surface area contributed by atoms with Crippen molar-refractivity contribution in [1.29, 1.82) is 0 Å². The van der Waals surface area contributed by atoms with Crippen molar-refractivity contribution in [2.75, 3.05) is 0 Å². The largest absolute Gasteiger partial charge is 0.0613 e. The van der Waals surface area contributed by atoms with Crippen molar-refractivity contribution in [3.8, 4) is 0 Å². The van der Waals surface area contributed by atoms with Gasteiger partial charge in [-0.15, -0.1) is 0 Å². The van der Waals surface area contributed by atoms with Gasteiger partial charge in [-0.25, -0.2) is 0 Å². The lowest BCUT2D eigenvalue weighted by molar-refractivity contribution is 0.347. The first-order chi connectivity index (χ1) is 17.8. The summed E-state index contributed by atoms with van der Waals surface area (Å²) in [5, 5.41) is 11.4. The molecular weight excluding hydrogens is 432 g/mol. The van der Waals surface area contributed by atoms with Crippen LogP contribution in [-0.4, -0.2) is 0 Å². The van der Waals surface area contributed by atoms with Gasteiger partial charge in [0.2, 0.25) is 0 Å². The maximum atomic E-state index is 2.53. The van der Waals surface area contributed by atoms with Crippen LogP contribution in [-0.2, 0) is 0 Å². The molecule has 172 valence electrons. The van der Waals surface area contributed by atoms with Crippen molar-refractivity contribution in [2.45, 2.75) is 49.4 Å². The van der Waals surface area contributed by atoms with Gasteiger partial charge in [-0.1, -0.05) is 97.1 Å². The predicted molar refractivity (Wildman–Crippen MR) is 152 cm³/mol. The molecule has 2 fully saturated rings. The molecule has 10 bridgehead atoms. The van der Waals surface area contributed by atoms with E-state index < -0.39 is 0 Å². The van der Waals surface area contributed by atoms with Crippen LogP contribution in [0.4, 0.5) is 0 Å². The van der Waals surface area contributed by atoms with E-state index in [9.17, 15) is 0 Å². The molecule has 3 aliphatic carbocycles. The van der Waals surface area contributed by atoms with Crippen molar-refractivity contribution in [3.63, 3.8) is 0 Å². The highest BCUT2D eigenvalue weighted by Gasteiger charge is 2.36. The molecule has 0 amide bonds. The number of hydrogen-bond donors (Lipinski definition) is 0. The smallest absolute Gasteiger partial charge is 0.00865 e. The maximum absolute atomic E-state index is 2.53. The Labute approximate surface area is 211 Å². The quantitative estimate of drug-likeness (QED) is 0.198. The Balaban J connectivity index is 1.40. The maximum Gasteiger partial charge on any atom is -0.00865 e. The van der Waals surface area contributed by atoms with Gasteiger partial charge in [-0.2, -0.15) is 0 Å². The summed E-state index contributed by atoms with van der Waals surface area (Å²) in [6, 6.07) is 38.3. The van der Waals surface area contributed by atoms with Gasteiger partial charge in [-0.3, -0.25) is 0 Å². The highest BCUT2D eigenvalue weighted by atomic mass is 14.4. The zero-order chi connectivity index (χ0) is 23.4. The van der Waals surface area contributed by atoms with E-state index in [0.717, 1.165) is 0 Å². The summed E-state index contributed by atoms with van der Waals surface area (Å²) in [5.74, 6) is 2.40. The van der Waals surface area contributed by atoms with E-state index in [2.05, 4.69) is 97.1 Å². The van der Waals surface area contributed by atoms with Crippen LogP contribution in [0.3, 0.4) is 0 Å². The van der Waals surface area contributed by atoms with Crippen LogP contribution in [0.15, 0.2) is 97.1 Å². The first kappa shape index (κ1) is 19.5. The van der Waals surface area contributed by atoms with Gasteiger partial charge in [0.1, 0.15) is 0 Å². The van der Waals surface area contributed by atoms with Crippen molar-refractivity contribution in [3.05, 3.63) is 119 Å². The van der Waals surface area contributed by atoms with Gasteiger partial charge in [0, 0.05) is 0 Å². The van der Waals surface area contributed by atoms with Crippen LogP contribution in [0, 0.1) is 0 Å². The van der Waals surface area contributed by atoms with E-state index in [1.54, 1.807) is 11.1 Å². The fourth-order valence-electron chi connectivity index (χ4n) is 7.91. The molecule has 6 aromatic carbocycles. The topological polar surface area (TPSA) is 0 Å². The highest BCUT2D eigenvalue weighted by molar-refractivity contribution is 6.10.